The van der Waals surface area contributed by atoms with Crippen LogP contribution in [0.1, 0.15) is 52.3 Å². The Labute approximate surface area is 186 Å². The van der Waals surface area contributed by atoms with E-state index in [0.717, 1.165) is 63.1 Å². The summed E-state index contributed by atoms with van der Waals surface area (Å²) in [5, 5.41) is 3.64. The summed E-state index contributed by atoms with van der Waals surface area (Å²) in [6.07, 6.45) is 4.90. The summed E-state index contributed by atoms with van der Waals surface area (Å²) in [5.41, 5.74) is 2.06. The van der Waals surface area contributed by atoms with Gasteiger partial charge in [-0.15, -0.1) is 11.3 Å². The first-order chi connectivity index (χ1) is 15.0. The van der Waals surface area contributed by atoms with Gasteiger partial charge in [0.25, 0.3) is 11.5 Å². The zero-order chi connectivity index (χ0) is 21.8. The van der Waals surface area contributed by atoms with Crippen LogP contribution in [0.15, 0.2) is 35.1 Å². The molecule has 0 atom stereocenters. The minimum Gasteiger partial charge on any atom is -0.351 e. The van der Waals surface area contributed by atoms with E-state index in [2.05, 4.69) is 41.5 Å². The van der Waals surface area contributed by atoms with Gasteiger partial charge in [0, 0.05) is 26.1 Å². The van der Waals surface area contributed by atoms with Crippen LogP contribution in [0.2, 0.25) is 0 Å². The SMILES string of the molecule is Cc1c(C(=O)NCCCN(C)Cc2ccccc2)sc2nc3n(c(=O)c12)CCCCC3. The van der Waals surface area contributed by atoms with E-state index in [1.165, 1.54) is 16.9 Å². The smallest absolute Gasteiger partial charge is 0.262 e. The molecule has 1 aliphatic rings. The van der Waals surface area contributed by atoms with Crippen molar-refractivity contribution in [2.24, 2.45) is 0 Å². The van der Waals surface area contributed by atoms with Crippen molar-refractivity contribution in [1.82, 2.24) is 19.8 Å². The molecular weight excluding hydrogens is 408 g/mol. The number of nitrogens with zero attached hydrogens (tertiary/aromatic N) is 3. The highest BCUT2D eigenvalue weighted by atomic mass is 32.1. The van der Waals surface area contributed by atoms with E-state index in [1.807, 2.05) is 17.6 Å². The van der Waals surface area contributed by atoms with E-state index in [1.54, 1.807) is 0 Å². The molecule has 1 N–H and O–H groups in total. The van der Waals surface area contributed by atoms with E-state index in [-0.39, 0.29) is 11.5 Å². The Hall–Kier alpha value is -2.51. The Balaban J connectivity index is 1.38. The third kappa shape index (κ3) is 4.88. The van der Waals surface area contributed by atoms with Gasteiger partial charge in [-0.3, -0.25) is 14.2 Å². The summed E-state index contributed by atoms with van der Waals surface area (Å²) < 4.78 is 1.82. The van der Waals surface area contributed by atoms with Gasteiger partial charge in [-0.1, -0.05) is 36.8 Å². The largest absolute Gasteiger partial charge is 0.351 e. The van der Waals surface area contributed by atoms with Gasteiger partial charge in [-0.25, -0.2) is 4.98 Å². The molecule has 4 rings (SSSR count). The summed E-state index contributed by atoms with van der Waals surface area (Å²) in [7, 11) is 2.09. The lowest BCUT2D eigenvalue weighted by molar-refractivity contribution is 0.0955. The average Bonchev–Trinajstić information content (AvgIpc) is 2.93. The van der Waals surface area contributed by atoms with Crippen molar-refractivity contribution in [3.05, 3.63) is 62.5 Å². The monoisotopic (exact) mass is 438 g/mol. The highest BCUT2D eigenvalue weighted by Gasteiger charge is 2.22. The molecule has 0 spiro atoms. The molecule has 0 radical (unpaired) electrons. The molecule has 0 saturated carbocycles. The van der Waals surface area contributed by atoms with E-state index in [4.69, 9.17) is 4.98 Å². The van der Waals surface area contributed by atoms with Crippen molar-refractivity contribution in [2.75, 3.05) is 20.1 Å². The van der Waals surface area contributed by atoms with E-state index in [0.29, 0.717) is 21.6 Å². The Morgan fingerprint density at radius 3 is 2.84 bits per heavy atom. The van der Waals surface area contributed by atoms with Crippen LogP contribution >= 0.6 is 11.3 Å². The van der Waals surface area contributed by atoms with Crippen LogP contribution in [-0.4, -0.2) is 40.5 Å². The third-order valence-electron chi connectivity index (χ3n) is 5.92. The first kappa shape index (κ1) is 21.7. The second kappa shape index (κ2) is 9.75. The zero-order valence-corrected chi connectivity index (χ0v) is 19.1. The molecule has 0 aliphatic carbocycles. The summed E-state index contributed by atoms with van der Waals surface area (Å²) in [5.74, 6) is 0.760. The number of fused-ring (bicyclic) bond motifs is 2. The normalized spacial score (nSPS) is 13.9. The molecule has 1 aliphatic heterocycles. The minimum atomic E-state index is -0.106. The predicted octanol–water partition coefficient (Wildman–Crippen LogP) is 3.74. The van der Waals surface area contributed by atoms with Gasteiger partial charge in [0.05, 0.1) is 10.3 Å². The number of amides is 1. The van der Waals surface area contributed by atoms with Crippen molar-refractivity contribution in [3.63, 3.8) is 0 Å². The molecule has 1 aromatic carbocycles. The Bertz CT molecular complexity index is 1120. The number of aryl methyl sites for hydroxylation is 2. The predicted molar refractivity (Wildman–Crippen MR) is 126 cm³/mol. The number of nitrogens with one attached hydrogen (secondary N) is 1. The summed E-state index contributed by atoms with van der Waals surface area (Å²) >= 11 is 1.35. The highest BCUT2D eigenvalue weighted by Crippen LogP contribution is 2.28. The van der Waals surface area contributed by atoms with Crippen LogP contribution in [0.3, 0.4) is 0 Å². The molecule has 3 heterocycles. The molecule has 1 amide bonds. The number of hydrogen-bond acceptors (Lipinski definition) is 5. The van der Waals surface area contributed by atoms with Crippen LogP contribution in [0.25, 0.3) is 10.2 Å². The molecule has 3 aromatic rings. The Kier molecular flexibility index (Phi) is 6.83. The summed E-state index contributed by atoms with van der Waals surface area (Å²) in [4.78, 5) is 34.2. The second-order valence-electron chi connectivity index (χ2n) is 8.36. The molecular formula is C24H30N4O2S. The summed E-state index contributed by atoms with van der Waals surface area (Å²) in [6.45, 7) is 4.99. The highest BCUT2D eigenvalue weighted by molar-refractivity contribution is 7.20. The maximum atomic E-state index is 13.1. The van der Waals surface area contributed by atoms with Gasteiger partial charge in [0.15, 0.2) is 0 Å². The van der Waals surface area contributed by atoms with Crippen molar-refractivity contribution in [3.8, 4) is 0 Å². The third-order valence-corrected chi connectivity index (χ3v) is 7.10. The number of aromatic nitrogens is 2. The number of thiophene rings is 1. The lowest BCUT2D eigenvalue weighted by Crippen LogP contribution is -2.28. The van der Waals surface area contributed by atoms with E-state index in [9.17, 15) is 9.59 Å². The Morgan fingerprint density at radius 2 is 2.03 bits per heavy atom. The molecule has 7 heteroatoms. The van der Waals surface area contributed by atoms with E-state index < -0.39 is 0 Å². The first-order valence-corrected chi connectivity index (χ1v) is 11.9. The van der Waals surface area contributed by atoms with Crippen molar-refractivity contribution in [1.29, 1.82) is 0 Å². The fourth-order valence-electron chi connectivity index (χ4n) is 4.23. The number of hydrogen-bond donors (Lipinski definition) is 1. The van der Waals surface area contributed by atoms with Crippen LogP contribution in [0.4, 0.5) is 0 Å². The van der Waals surface area contributed by atoms with E-state index >= 15 is 0 Å². The van der Waals surface area contributed by atoms with Gasteiger partial charge < -0.3 is 10.2 Å². The van der Waals surface area contributed by atoms with Crippen molar-refractivity contribution in [2.45, 2.75) is 52.1 Å². The molecule has 0 bridgehead atoms. The van der Waals surface area contributed by atoms with Gasteiger partial charge in [0.1, 0.15) is 10.7 Å². The molecule has 31 heavy (non-hydrogen) atoms. The number of rotatable bonds is 7. The van der Waals surface area contributed by atoms with Crippen LogP contribution < -0.4 is 10.9 Å². The molecule has 0 unspecified atom stereocenters. The van der Waals surface area contributed by atoms with Gasteiger partial charge in [0.2, 0.25) is 0 Å². The minimum absolute atomic E-state index is 0.0113. The lowest BCUT2D eigenvalue weighted by Gasteiger charge is -2.16. The zero-order valence-electron chi connectivity index (χ0n) is 18.3. The summed E-state index contributed by atoms with van der Waals surface area (Å²) in [6, 6.07) is 10.4. The van der Waals surface area contributed by atoms with Gasteiger partial charge in [-0.2, -0.15) is 0 Å². The fraction of sp³-hybridized carbons (Fsp3) is 0.458. The Morgan fingerprint density at radius 1 is 1.23 bits per heavy atom. The molecule has 6 nitrogen and oxygen atoms in total. The fourth-order valence-corrected chi connectivity index (χ4v) is 5.34. The number of carbonyl (C=O) groups excluding carboxylic acids is 1. The van der Waals surface area contributed by atoms with Crippen LogP contribution in [0.5, 0.6) is 0 Å². The van der Waals surface area contributed by atoms with Crippen molar-refractivity contribution >= 4 is 27.5 Å². The second-order valence-corrected chi connectivity index (χ2v) is 9.36. The first-order valence-electron chi connectivity index (χ1n) is 11.1. The lowest BCUT2D eigenvalue weighted by atomic mass is 10.2. The maximum Gasteiger partial charge on any atom is 0.262 e. The maximum absolute atomic E-state index is 13.1. The quantitative estimate of drug-likeness (QED) is 0.571. The van der Waals surface area contributed by atoms with Gasteiger partial charge >= 0.3 is 0 Å². The standard InChI is InChI=1S/C24H30N4O2S/c1-17-20-23(26-19-12-7-4-8-15-28(19)24(20)30)31-21(17)22(29)25-13-9-14-27(2)16-18-10-5-3-6-11-18/h3,5-6,10-11H,4,7-9,12-16H2,1-2H3,(H,25,29). The molecule has 0 saturated heterocycles. The topological polar surface area (TPSA) is 67.2 Å². The van der Waals surface area contributed by atoms with Crippen LogP contribution in [0, 0.1) is 6.92 Å². The van der Waals surface area contributed by atoms with Crippen molar-refractivity contribution < 1.29 is 4.79 Å². The van der Waals surface area contributed by atoms with Crippen LogP contribution in [-0.2, 0) is 19.5 Å². The van der Waals surface area contributed by atoms with Gasteiger partial charge in [-0.05, 0) is 50.9 Å². The molecule has 2 aromatic heterocycles. The molecule has 164 valence electrons. The average molecular weight is 439 g/mol. The number of benzene rings is 1. The molecule has 0 fully saturated rings. The number of carbonyl (C=O) groups is 1.